The average molecular weight is 504 g/mol. The molecule has 0 N–H and O–H groups in total. The highest BCUT2D eigenvalue weighted by Crippen LogP contribution is 2.44. The van der Waals surface area contributed by atoms with Crippen molar-refractivity contribution in [1.29, 1.82) is 0 Å². The van der Waals surface area contributed by atoms with E-state index in [-0.39, 0.29) is 28.8 Å². The Hall–Kier alpha value is -3.16. The van der Waals surface area contributed by atoms with E-state index in [1.54, 1.807) is 62.4 Å². The second-order valence-electron chi connectivity index (χ2n) is 7.51. The fraction of sp³-hybridized carbons (Fsp3) is 0.280. The van der Waals surface area contributed by atoms with Crippen LogP contribution in [-0.4, -0.2) is 43.9 Å². The van der Waals surface area contributed by atoms with Crippen molar-refractivity contribution in [3.05, 3.63) is 81.0 Å². The minimum absolute atomic E-state index is 0.142. The van der Waals surface area contributed by atoms with Crippen LogP contribution >= 0.6 is 23.2 Å². The lowest BCUT2D eigenvalue weighted by Gasteiger charge is -2.31. The minimum Gasteiger partial charge on any atom is -0.468 e. The molecule has 2 unspecified atom stereocenters. The van der Waals surface area contributed by atoms with Crippen LogP contribution in [0.5, 0.6) is 0 Å². The Balaban J connectivity index is 1.83. The van der Waals surface area contributed by atoms with Gasteiger partial charge in [0.25, 0.3) is 0 Å². The second kappa shape index (κ2) is 11.3. The molecule has 0 spiro atoms. The Morgan fingerprint density at radius 3 is 2.21 bits per heavy atom. The Kier molecular flexibility index (Phi) is 8.47. The summed E-state index contributed by atoms with van der Waals surface area (Å²) in [6.45, 7) is 3.00. The van der Waals surface area contributed by atoms with E-state index in [9.17, 15) is 14.4 Å². The van der Waals surface area contributed by atoms with Gasteiger partial charge in [0.2, 0.25) is 0 Å². The normalized spacial score (nSPS) is 17.6. The molecular weight excluding hydrogens is 481 g/mol. The Morgan fingerprint density at radius 2 is 1.56 bits per heavy atom. The summed E-state index contributed by atoms with van der Waals surface area (Å²) in [5.74, 6) is -3.53. The maximum absolute atomic E-state index is 13.1. The zero-order valence-corrected chi connectivity index (χ0v) is 20.4. The number of hydrogen-bond donors (Lipinski definition) is 0. The first-order chi connectivity index (χ1) is 16.3. The van der Waals surface area contributed by atoms with E-state index in [1.807, 2.05) is 0 Å². The number of carbonyl (C=O) groups excluding carboxylic acids is 3. The molecule has 3 rings (SSSR count). The molecule has 0 radical (unpaired) electrons. The summed E-state index contributed by atoms with van der Waals surface area (Å²) < 4.78 is 15.5. The largest absolute Gasteiger partial charge is 0.468 e. The third-order valence-corrected chi connectivity index (χ3v) is 6.21. The van der Waals surface area contributed by atoms with Gasteiger partial charge in [-0.2, -0.15) is 0 Å². The fourth-order valence-electron chi connectivity index (χ4n) is 3.84. The number of nitrogens with zero attached hydrogens (tertiary/aromatic N) is 1. The molecule has 0 fully saturated rings. The number of ether oxygens (including phenoxy) is 3. The van der Waals surface area contributed by atoms with Crippen LogP contribution in [0, 0.1) is 5.92 Å². The summed E-state index contributed by atoms with van der Waals surface area (Å²) in [7, 11) is 1.26. The third-order valence-electron chi connectivity index (χ3n) is 5.38. The summed E-state index contributed by atoms with van der Waals surface area (Å²) in [4.78, 5) is 42.3. The molecule has 2 aromatic rings. The first-order valence-electron chi connectivity index (χ1n) is 10.4. The van der Waals surface area contributed by atoms with Gasteiger partial charge < -0.3 is 14.2 Å². The fourth-order valence-corrected chi connectivity index (χ4v) is 4.26. The highest BCUT2D eigenvalue weighted by atomic mass is 35.5. The van der Waals surface area contributed by atoms with Gasteiger partial charge in [-0.05, 0) is 37.6 Å². The summed E-state index contributed by atoms with van der Waals surface area (Å²) in [5, 5.41) is 0.494. The van der Waals surface area contributed by atoms with Gasteiger partial charge in [-0.1, -0.05) is 53.5 Å². The SMILES string of the molecule is COC(=O)C1C(C)=NC(C)=C(C(=O)OCCOC(=O)c2ccccc2)C1c1cccc(Cl)c1Cl. The monoisotopic (exact) mass is 503 g/mol. The van der Waals surface area contributed by atoms with Crippen LogP contribution in [0.25, 0.3) is 0 Å². The topological polar surface area (TPSA) is 91.3 Å². The molecule has 9 heteroatoms. The lowest BCUT2D eigenvalue weighted by atomic mass is 9.75. The van der Waals surface area contributed by atoms with Gasteiger partial charge in [-0.25, -0.2) is 9.59 Å². The van der Waals surface area contributed by atoms with Gasteiger partial charge >= 0.3 is 17.9 Å². The van der Waals surface area contributed by atoms with Gasteiger partial charge in [0.05, 0.1) is 28.3 Å². The van der Waals surface area contributed by atoms with Gasteiger partial charge in [-0.3, -0.25) is 9.79 Å². The lowest BCUT2D eigenvalue weighted by Crippen LogP contribution is -2.36. The van der Waals surface area contributed by atoms with E-state index in [0.717, 1.165) is 0 Å². The number of esters is 3. The third kappa shape index (κ3) is 5.48. The van der Waals surface area contributed by atoms with Crippen molar-refractivity contribution in [2.24, 2.45) is 10.9 Å². The van der Waals surface area contributed by atoms with Crippen LogP contribution in [0.15, 0.2) is 64.8 Å². The van der Waals surface area contributed by atoms with Gasteiger partial charge in [0.1, 0.15) is 19.1 Å². The molecule has 0 aliphatic carbocycles. The molecule has 0 amide bonds. The molecule has 1 aliphatic heterocycles. The maximum Gasteiger partial charge on any atom is 0.338 e. The Bertz CT molecular complexity index is 1160. The number of methoxy groups -OCH3 is 1. The zero-order valence-electron chi connectivity index (χ0n) is 18.8. The molecule has 0 saturated carbocycles. The van der Waals surface area contributed by atoms with Gasteiger partial charge in [-0.15, -0.1) is 0 Å². The highest BCUT2D eigenvalue weighted by Gasteiger charge is 2.43. The molecular formula is C25H23Cl2NO6. The van der Waals surface area contributed by atoms with Crippen molar-refractivity contribution in [1.82, 2.24) is 0 Å². The van der Waals surface area contributed by atoms with Gasteiger partial charge in [0.15, 0.2) is 0 Å². The van der Waals surface area contributed by atoms with Crippen molar-refractivity contribution in [3.63, 3.8) is 0 Å². The number of hydrogen-bond acceptors (Lipinski definition) is 7. The van der Waals surface area contributed by atoms with Crippen molar-refractivity contribution >= 4 is 46.8 Å². The molecule has 1 aliphatic rings. The number of carbonyl (C=O) groups is 3. The van der Waals surface area contributed by atoms with Crippen molar-refractivity contribution in [2.75, 3.05) is 20.3 Å². The maximum atomic E-state index is 13.1. The standard InChI is InChI=1S/C25H23Cl2NO6/c1-14-19(24(30)32-3)21(17-10-7-11-18(26)22(17)27)20(15(2)28-14)25(31)34-13-12-33-23(29)16-8-5-4-6-9-16/h4-11,19,21H,12-13H2,1-3H3. The predicted octanol–water partition coefficient (Wildman–Crippen LogP) is 5.01. The highest BCUT2D eigenvalue weighted by molar-refractivity contribution is 6.42. The number of benzene rings is 2. The van der Waals surface area contributed by atoms with E-state index in [2.05, 4.69) is 4.99 Å². The first kappa shape index (κ1) is 25.5. The lowest BCUT2D eigenvalue weighted by molar-refractivity contribution is -0.144. The van der Waals surface area contributed by atoms with Crippen LogP contribution < -0.4 is 0 Å². The summed E-state index contributed by atoms with van der Waals surface area (Å²) in [5.41, 5.74) is 1.87. The van der Waals surface area contributed by atoms with Crippen molar-refractivity contribution in [2.45, 2.75) is 19.8 Å². The quantitative estimate of drug-likeness (QED) is 0.299. The van der Waals surface area contributed by atoms with Crippen molar-refractivity contribution < 1.29 is 28.6 Å². The molecule has 2 atom stereocenters. The van der Waals surface area contributed by atoms with E-state index >= 15 is 0 Å². The minimum atomic E-state index is -0.900. The molecule has 0 aromatic heterocycles. The second-order valence-corrected chi connectivity index (χ2v) is 8.30. The summed E-state index contributed by atoms with van der Waals surface area (Å²) >= 11 is 12.7. The van der Waals surface area contributed by atoms with Gasteiger partial charge in [0, 0.05) is 17.3 Å². The molecule has 34 heavy (non-hydrogen) atoms. The number of aliphatic imine (C=N–C) groups is 1. The van der Waals surface area contributed by atoms with Crippen LogP contribution in [0.1, 0.15) is 35.7 Å². The van der Waals surface area contributed by atoms with Crippen LogP contribution in [0.3, 0.4) is 0 Å². The number of rotatable bonds is 7. The predicted molar refractivity (Wildman–Crippen MR) is 128 cm³/mol. The number of allylic oxidation sites excluding steroid dienone is 1. The van der Waals surface area contributed by atoms with Crippen LogP contribution in [-0.2, 0) is 23.8 Å². The molecule has 2 aromatic carbocycles. The summed E-state index contributed by atoms with van der Waals surface area (Å²) in [6.07, 6.45) is 0. The van der Waals surface area contributed by atoms with E-state index in [0.29, 0.717) is 22.5 Å². The average Bonchev–Trinajstić information content (AvgIpc) is 2.83. The van der Waals surface area contributed by atoms with E-state index < -0.39 is 29.7 Å². The summed E-state index contributed by atoms with van der Waals surface area (Å²) in [6, 6.07) is 13.4. The van der Waals surface area contributed by atoms with E-state index in [4.69, 9.17) is 37.4 Å². The zero-order chi connectivity index (χ0) is 24.8. The molecule has 0 bridgehead atoms. The van der Waals surface area contributed by atoms with Crippen LogP contribution in [0.4, 0.5) is 0 Å². The smallest absolute Gasteiger partial charge is 0.338 e. The molecule has 1 heterocycles. The first-order valence-corrected chi connectivity index (χ1v) is 11.2. The van der Waals surface area contributed by atoms with Crippen LogP contribution in [0.2, 0.25) is 10.0 Å². The Morgan fingerprint density at radius 1 is 0.912 bits per heavy atom. The van der Waals surface area contributed by atoms with E-state index in [1.165, 1.54) is 7.11 Å². The Labute approximate surface area is 207 Å². The van der Waals surface area contributed by atoms with Crippen molar-refractivity contribution in [3.8, 4) is 0 Å². The molecule has 178 valence electrons. The molecule has 0 saturated heterocycles. The molecule has 7 nitrogen and oxygen atoms in total. The number of halogens is 2.